The molecule has 9 heteroatoms. The highest BCUT2D eigenvalue weighted by atomic mass is 16.5. The van der Waals surface area contributed by atoms with Crippen LogP contribution >= 0.6 is 0 Å². The first-order chi connectivity index (χ1) is 14.5. The van der Waals surface area contributed by atoms with Crippen molar-refractivity contribution in [3.05, 3.63) is 64.6 Å². The molecule has 0 aliphatic rings. The molecule has 0 saturated heterocycles. The summed E-state index contributed by atoms with van der Waals surface area (Å²) >= 11 is 0. The molecule has 0 aliphatic heterocycles. The Hall–Kier alpha value is -3.88. The maximum absolute atomic E-state index is 12.8. The molecule has 30 heavy (non-hydrogen) atoms. The van der Waals surface area contributed by atoms with E-state index >= 15 is 0 Å². The maximum atomic E-state index is 12.8. The van der Waals surface area contributed by atoms with Crippen LogP contribution in [-0.2, 0) is 16.1 Å². The normalized spacial score (nSPS) is 10.5. The fraction of sp³-hybridized carbons (Fsp3) is 0.238. The lowest BCUT2D eigenvalue weighted by Crippen LogP contribution is -2.38. The van der Waals surface area contributed by atoms with Gasteiger partial charge >= 0.3 is 17.6 Å². The largest absolute Gasteiger partial charge is 0.618 e. The van der Waals surface area contributed by atoms with Gasteiger partial charge in [0, 0.05) is 0 Å². The summed E-state index contributed by atoms with van der Waals surface area (Å²) in [7, 11) is 2.60. The monoisotopic (exact) mass is 412 g/mol. The summed E-state index contributed by atoms with van der Waals surface area (Å²) in [6, 6.07) is 11.3. The lowest BCUT2D eigenvalue weighted by atomic mass is 10.2. The molecule has 3 aromatic rings. The van der Waals surface area contributed by atoms with E-state index in [0.29, 0.717) is 28.4 Å². The van der Waals surface area contributed by atoms with Gasteiger partial charge in [0.05, 0.1) is 26.9 Å². The Morgan fingerprint density at radius 3 is 2.57 bits per heavy atom. The highest BCUT2D eigenvalue weighted by Gasteiger charge is 2.28. The summed E-state index contributed by atoms with van der Waals surface area (Å²) < 4.78 is 21.0. The lowest BCUT2D eigenvalue weighted by Gasteiger charge is -2.12. The number of benzene rings is 2. The van der Waals surface area contributed by atoms with Crippen molar-refractivity contribution in [3.8, 4) is 11.5 Å². The van der Waals surface area contributed by atoms with Crippen LogP contribution in [-0.4, -0.2) is 37.7 Å². The number of rotatable bonds is 7. The first-order valence-electron chi connectivity index (χ1n) is 9.07. The van der Waals surface area contributed by atoms with Crippen molar-refractivity contribution in [2.45, 2.75) is 13.5 Å². The zero-order valence-electron chi connectivity index (χ0n) is 16.7. The van der Waals surface area contributed by atoms with E-state index in [1.54, 1.807) is 43.3 Å². The molecule has 0 spiro atoms. The van der Waals surface area contributed by atoms with Crippen LogP contribution in [0.1, 0.15) is 33.5 Å². The molecule has 9 nitrogen and oxygen atoms in total. The quantitative estimate of drug-likeness (QED) is 0.330. The van der Waals surface area contributed by atoms with E-state index in [2.05, 4.69) is 4.98 Å². The predicted molar refractivity (Wildman–Crippen MR) is 105 cm³/mol. The second-order valence-corrected chi connectivity index (χ2v) is 6.05. The van der Waals surface area contributed by atoms with Gasteiger partial charge in [-0.25, -0.2) is 14.6 Å². The highest BCUT2D eigenvalue weighted by Crippen LogP contribution is 2.21. The fourth-order valence-corrected chi connectivity index (χ4v) is 2.85. The van der Waals surface area contributed by atoms with E-state index < -0.39 is 18.5 Å². The fourth-order valence-electron chi connectivity index (χ4n) is 2.85. The average Bonchev–Trinajstić information content (AvgIpc) is 2.77. The molecule has 0 unspecified atom stereocenters. The molecule has 2 aromatic carbocycles. The van der Waals surface area contributed by atoms with Crippen LogP contribution in [0.3, 0.4) is 0 Å². The lowest BCUT2D eigenvalue weighted by molar-refractivity contribution is -0.581. The summed E-state index contributed by atoms with van der Waals surface area (Å²) in [5.41, 5.74) is 0.242. The van der Waals surface area contributed by atoms with Crippen LogP contribution in [0.2, 0.25) is 0 Å². The van der Waals surface area contributed by atoms with Gasteiger partial charge in [0.2, 0.25) is 5.52 Å². The van der Waals surface area contributed by atoms with Crippen molar-refractivity contribution < 1.29 is 33.3 Å². The molecule has 1 aromatic heterocycles. The van der Waals surface area contributed by atoms with Crippen LogP contribution < -0.4 is 14.2 Å². The van der Waals surface area contributed by atoms with Crippen LogP contribution in [0, 0.1) is 5.21 Å². The maximum Gasteiger partial charge on any atom is 0.406 e. The van der Waals surface area contributed by atoms with Crippen molar-refractivity contribution in [1.29, 1.82) is 0 Å². The molecule has 0 saturated carbocycles. The minimum Gasteiger partial charge on any atom is -0.618 e. The Morgan fingerprint density at radius 1 is 1.10 bits per heavy atom. The van der Waals surface area contributed by atoms with Crippen molar-refractivity contribution in [2.24, 2.45) is 0 Å². The van der Waals surface area contributed by atoms with E-state index in [4.69, 9.17) is 18.9 Å². The number of fused-ring (bicyclic) bond motifs is 1. The molecule has 0 atom stereocenters. The summed E-state index contributed by atoms with van der Waals surface area (Å²) in [4.78, 5) is 29.1. The summed E-state index contributed by atoms with van der Waals surface area (Å²) in [5.74, 6) is -0.779. The van der Waals surface area contributed by atoms with Gasteiger partial charge in [-0.15, -0.1) is 0 Å². The molecule has 156 valence electrons. The van der Waals surface area contributed by atoms with E-state index in [1.165, 1.54) is 13.2 Å². The molecule has 0 aliphatic carbocycles. The third kappa shape index (κ3) is 4.09. The number of nitrogens with zero attached hydrogens (tertiary/aromatic N) is 2. The van der Waals surface area contributed by atoms with E-state index in [-0.39, 0.29) is 22.5 Å². The molecule has 0 radical (unpaired) electrons. The molecule has 0 bridgehead atoms. The molecule has 3 rings (SSSR count). The van der Waals surface area contributed by atoms with E-state index in [9.17, 15) is 14.8 Å². The summed E-state index contributed by atoms with van der Waals surface area (Å²) in [5, 5.41) is 12.8. The zero-order chi connectivity index (χ0) is 21.7. The molecule has 0 amide bonds. The number of hydrogen-bond acceptors (Lipinski definition) is 8. The van der Waals surface area contributed by atoms with Gasteiger partial charge in [0.25, 0.3) is 0 Å². The SMILES string of the molecule is CCOc1ccccc1C(=O)OCc1nc2ccc(OC)cc2[n+]([O-])c1C(=O)OC. The Morgan fingerprint density at radius 2 is 1.87 bits per heavy atom. The van der Waals surface area contributed by atoms with Crippen LogP contribution in [0.5, 0.6) is 11.5 Å². The van der Waals surface area contributed by atoms with Gasteiger partial charge in [-0.1, -0.05) is 12.1 Å². The summed E-state index contributed by atoms with van der Waals surface area (Å²) in [6.45, 7) is 1.77. The number of aromatic nitrogens is 2. The number of carbonyl (C=O) groups excluding carboxylic acids is 2. The minimum atomic E-state index is -0.900. The Labute approximate surface area is 172 Å². The van der Waals surface area contributed by atoms with Gasteiger partial charge in [-0.05, 0) is 31.2 Å². The second kappa shape index (κ2) is 9.08. The van der Waals surface area contributed by atoms with Gasteiger partial charge < -0.3 is 24.2 Å². The third-order valence-corrected chi connectivity index (χ3v) is 4.26. The van der Waals surface area contributed by atoms with Crippen molar-refractivity contribution >= 4 is 23.0 Å². The Bertz CT molecular complexity index is 1100. The number of carbonyl (C=O) groups is 2. The number of esters is 2. The molecule has 1 heterocycles. The summed E-state index contributed by atoms with van der Waals surface area (Å²) in [6.07, 6.45) is 0. The topological polar surface area (TPSA) is 111 Å². The van der Waals surface area contributed by atoms with Gasteiger partial charge in [0.1, 0.15) is 29.2 Å². The van der Waals surface area contributed by atoms with E-state index in [1.807, 2.05) is 0 Å². The zero-order valence-corrected chi connectivity index (χ0v) is 16.7. The second-order valence-electron chi connectivity index (χ2n) is 6.05. The molecular formula is C21H20N2O7. The van der Waals surface area contributed by atoms with Crippen molar-refractivity contribution in [3.63, 3.8) is 0 Å². The standard InChI is InChI=1S/C21H20N2O7/c1-4-29-18-8-6-5-7-14(18)20(24)30-12-16-19(21(25)28-3)23(26)17-11-13(27-2)9-10-15(17)22-16/h5-11H,4,12H2,1-3H3. The first-order valence-corrected chi connectivity index (χ1v) is 9.07. The number of methoxy groups -OCH3 is 2. The van der Waals surface area contributed by atoms with Gasteiger partial charge in [-0.3, -0.25) is 0 Å². The van der Waals surface area contributed by atoms with Crippen molar-refractivity contribution in [2.75, 3.05) is 20.8 Å². The van der Waals surface area contributed by atoms with Gasteiger partial charge in [-0.2, -0.15) is 4.73 Å². The first kappa shape index (κ1) is 20.8. The molecule has 0 N–H and O–H groups in total. The highest BCUT2D eigenvalue weighted by molar-refractivity contribution is 5.93. The average molecular weight is 412 g/mol. The predicted octanol–water partition coefficient (Wildman–Crippen LogP) is 2.42. The Kier molecular flexibility index (Phi) is 6.31. The number of para-hydroxylation sites is 1. The van der Waals surface area contributed by atoms with Crippen LogP contribution in [0.4, 0.5) is 0 Å². The van der Waals surface area contributed by atoms with Crippen LogP contribution in [0.15, 0.2) is 42.5 Å². The van der Waals surface area contributed by atoms with Crippen LogP contribution in [0.25, 0.3) is 11.0 Å². The minimum absolute atomic E-state index is 0.0308. The Balaban J connectivity index is 1.97. The smallest absolute Gasteiger partial charge is 0.406 e. The molecule has 0 fully saturated rings. The number of ether oxygens (including phenoxy) is 4. The van der Waals surface area contributed by atoms with Gasteiger partial charge in [0.15, 0.2) is 5.69 Å². The third-order valence-electron chi connectivity index (χ3n) is 4.26. The number of hydrogen-bond donors (Lipinski definition) is 0. The van der Waals surface area contributed by atoms with E-state index in [0.717, 1.165) is 7.11 Å². The molecular weight excluding hydrogens is 392 g/mol. The van der Waals surface area contributed by atoms with Crippen molar-refractivity contribution in [1.82, 2.24) is 4.98 Å².